The molecule has 1 aliphatic heterocycles. The smallest absolute Gasteiger partial charge is 0.331 e. The van der Waals surface area contributed by atoms with Gasteiger partial charge in [-0.15, -0.1) is 0 Å². The summed E-state index contributed by atoms with van der Waals surface area (Å²) in [5.74, 6) is -0.519. The maximum absolute atomic E-state index is 12.4. The minimum atomic E-state index is -0.606. The van der Waals surface area contributed by atoms with E-state index in [0.717, 1.165) is 6.42 Å². The topological polar surface area (TPSA) is 112 Å². The highest BCUT2D eigenvalue weighted by Gasteiger charge is 2.36. The molecule has 1 saturated heterocycles. The lowest BCUT2D eigenvalue weighted by Crippen LogP contribution is -2.43. The quantitative estimate of drug-likeness (QED) is 0.324. The van der Waals surface area contributed by atoms with Crippen molar-refractivity contribution in [2.75, 3.05) is 13.3 Å². The lowest BCUT2D eigenvalue weighted by atomic mass is 10.1. The van der Waals surface area contributed by atoms with Crippen molar-refractivity contribution in [2.24, 2.45) is 5.92 Å². The predicted octanol–water partition coefficient (Wildman–Crippen LogP) is 2.67. The molecule has 3 rings (SSSR count). The average molecular weight is 387 g/mol. The molecule has 2 aromatic rings. The fourth-order valence-corrected chi connectivity index (χ4v) is 3.26. The fourth-order valence-electron chi connectivity index (χ4n) is 3.26. The van der Waals surface area contributed by atoms with Crippen LogP contribution in [0.25, 0.3) is 10.9 Å². The van der Waals surface area contributed by atoms with Gasteiger partial charge in [0.1, 0.15) is 17.3 Å². The zero-order chi connectivity index (χ0) is 20.3. The number of rotatable bonds is 6. The van der Waals surface area contributed by atoms with Gasteiger partial charge in [-0.1, -0.05) is 13.8 Å². The molecule has 1 aliphatic rings. The van der Waals surface area contributed by atoms with Gasteiger partial charge in [-0.2, -0.15) is 0 Å². The second-order valence-electron chi connectivity index (χ2n) is 6.81. The highest BCUT2D eigenvalue weighted by Crippen LogP contribution is 2.31. The molecule has 9 nitrogen and oxygen atoms in total. The average Bonchev–Trinajstić information content (AvgIpc) is 3.16. The van der Waals surface area contributed by atoms with Gasteiger partial charge in [0, 0.05) is 24.7 Å². The minimum Gasteiger partial charge on any atom is -0.455 e. The van der Waals surface area contributed by atoms with Gasteiger partial charge in [0.2, 0.25) is 12.7 Å². The van der Waals surface area contributed by atoms with Crippen molar-refractivity contribution < 1.29 is 24.0 Å². The standard InChI is InChI=1S/C19H21N3O6/c1-12(2)18(23)21-10-4-6-15(21)19(24)28-11-27-16-8-7-14(22(25)26)13-5-3-9-20-17(13)16/h3,5,7-9,12,15H,4,6,10-11H2,1-2H3/t15-/m0/s1. The number of esters is 1. The molecule has 28 heavy (non-hydrogen) atoms. The van der Waals surface area contributed by atoms with Gasteiger partial charge < -0.3 is 14.4 Å². The summed E-state index contributed by atoms with van der Waals surface area (Å²) >= 11 is 0. The Morgan fingerprint density at radius 1 is 1.36 bits per heavy atom. The van der Waals surface area contributed by atoms with E-state index in [0.29, 0.717) is 23.9 Å². The minimum absolute atomic E-state index is 0.0778. The molecular formula is C19H21N3O6. The third-order valence-corrected chi connectivity index (χ3v) is 4.62. The van der Waals surface area contributed by atoms with E-state index >= 15 is 0 Å². The Labute approximate surface area is 161 Å². The molecule has 1 aromatic heterocycles. The molecular weight excluding hydrogens is 366 g/mol. The number of aromatic nitrogens is 1. The van der Waals surface area contributed by atoms with Crippen LogP contribution in [0.15, 0.2) is 30.5 Å². The molecule has 9 heteroatoms. The van der Waals surface area contributed by atoms with Crippen molar-refractivity contribution in [1.29, 1.82) is 0 Å². The monoisotopic (exact) mass is 387 g/mol. The van der Waals surface area contributed by atoms with Crippen LogP contribution in [0, 0.1) is 16.0 Å². The van der Waals surface area contributed by atoms with Crippen LogP contribution in [0.3, 0.4) is 0 Å². The summed E-state index contributed by atoms with van der Waals surface area (Å²) < 4.78 is 10.7. The lowest BCUT2D eigenvalue weighted by Gasteiger charge is -2.24. The number of carbonyl (C=O) groups is 2. The first-order chi connectivity index (χ1) is 13.4. The third kappa shape index (κ3) is 3.88. The summed E-state index contributed by atoms with van der Waals surface area (Å²) in [5.41, 5.74) is 0.228. The molecule has 0 bridgehead atoms. The van der Waals surface area contributed by atoms with E-state index < -0.39 is 16.9 Å². The molecule has 1 fully saturated rings. The van der Waals surface area contributed by atoms with E-state index in [1.807, 2.05) is 0 Å². The van der Waals surface area contributed by atoms with E-state index in [1.54, 1.807) is 30.9 Å². The Kier molecular flexibility index (Phi) is 5.72. The van der Waals surface area contributed by atoms with Crippen LogP contribution < -0.4 is 4.74 Å². The summed E-state index contributed by atoms with van der Waals surface area (Å²) in [6.45, 7) is 3.74. The van der Waals surface area contributed by atoms with Gasteiger partial charge in [-0.3, -0.25) is 19.9 Å². The first kappa shape index (κ1) is 19.5. The number of carbonyl (C=O) groups excluding carboxylic acids is 2. The van der Waals surface area contributed by atoms with Gasteiger partial charge in [-0.25, -0.2) is 4.79 Å². The van der Waals surface area contributed by atoms with Crippen LogP contribution in [-0.2, 0) is 14.3 Å². The molecule has 2 heterocycles. The van der Waals surface area contributed by atoms with Crippen LogP contribution in [0.5, 0.6) is 5.75 Å². The first-order valence-corrected chi connectivity index (χ1v) is 9.02. The molecule has 0 unspecified atom stereocenters. The number of hydrogen-bond acceptors (Lipinski definition) is 7. The van der Waals surface area contributed by atoms with E-state index in [1.165, 1.54) is 18.3 Å². The Hall–Kier alpha value is -3.23. The summed E-state index contributed by atoms with van der Waals surface area (Å²) in [5, 5.41) is 11.5. The molecule has 1 amide bonds. The number of non-ortho nitro benzene ring substituents is 1. The first-order valence-electron chi connectivity index (χ1n) is 9.02. The van der Waals surface area contributed by atoms with Gasteiger partial charge in [0.25, 0.3) is 5.69 Å². The fraction of sp³-hybridized carbons (Fsp3) is 0.421. The second kappa shape index (κ2) is 8.20. The third-order valence-electron chi connectivity index (χ3n) is 4.62. The SMILES string of the molecule is CC(C)C(=O)N1CCC[C@H]1C(=O)OCOc1ccc([N+](=O)[O-])c2cccnc12. The van der Waals surface area contributed by atoms with Gasteiger partial charge >= 0.3 is 5.97 Å². The van der Waals surface area contributed by atoms with Crippen molar-refractivity contribution in [2.45, 2.75) is 32.7 Å². The van der Waals surface area contributed by atoms with Crippen LogP contribution in [-0.4, -0.2) is 46.1 Å². The van der Waals surface area contributed by atoms with Gasteiger partial charge in [-0.05, 0) is 31.0 Å². The van der Waals surface area contributed by atoms with Crippen molar-refractivity contribution >= 4 is 28.5 Å². The number of ether oxygens (including phenoxy) is 2. The van der Waals surface area contributed by atoms with E-state index in [-0.39, 0.29) is 30.1 Å². The molecule has 1 aromatic carbocycles. The zero-order valence-electron chi connectivity index (χ0n) is 15.7. The maximum atomic E-state index is 12.4. The summed E-state index contributed by atoms with van der Waals surface area (Å²) in [4.78, 5) is 40.9. The molecule has 0 saturated carbocycles. The molecule has 148 valence electrons. The van der Waals surface area contributed by atoms with Crippen LogP contribution >= 0.6 is 0 Å². The van der Waals surface area contributed by atoms with E-state index in [2.05, 4.69) is 4.98 Å². The number of likely N-dealkylation sites (tertiary alicyclic amines) is 1. The van der Waals surface area contributed by atoms with Gasteiger partial charge in [0.15, 0.2) is 0 Å². The summed E-state index contributed by atoms with van der Waals surface area (Å²) in [6, 6.07) is 5.31. The zero-order valence-corrected chi connectivity index (χ0v) is 15.7. The Balaban J connectivity index is 1.67. The van der Waals surface area contributed by atoms with Crippen LogP contribution in [0.4, 0.5) is 5.69 Å². The van der Waals surface area contributed by atoms with Crippen molar-refractivity contribution in [3.05, 3.63) is 40.6 Å². The normalized spacial score (nSPS) is 16.4. The number of nitro groups is 1. The number of pyridine rings is 1. The molecule has 0 radical (unpaired) electrons. The van der Waals surface area contributed by atoms with E-state index in [4.69, 9.17) is 9.47 Å². The second-order valence-corrected chi connectivity index (χ2v) is 6.81. The molecule has 0 aliphatic carbocycles. The molecule has 0 spiro atoms. The number of benzene rings is 1. The largest absolute Gasteiger partial charge is 0.455 e. The number of nitrogens with zero attached hydrogens (tertiary/aromatic N) is 3. The van der Waals surface area contributed by atoms with Crippen molar-refractivity contribution in [3.8, 4) is 5.75 Å². The highest BCUT2D eigenvalue weighted by atomic mass is 16.7. The van der Waals surface area contributed by atoms with Gasteiger partial charge in [0.05, 0.1) is 10.3 Å². The highest BCUT2D eigenvalue weighted by molar-refractivity contribution is 5.92. The number of hydrogen-bond donors (Lipinski definition) is 0. The summed E-state index contributed by atoms with van der Waals surface area (Å²) in [6.07, 6.45) is 2.80. The summed E-state index contributed by atoms with van der Waals surface area (Å²) in [7, 11) is 0. The van der Waals surface area contributed by atoms with Crippen LogP contribution in [0.1, 0.15) is 26.7 Å². The Bertz CT molecular complexity index is 914. The Morgan fingerprint density at radius 3 is 2.86 bits per heavy atom. The number of nitro benzene ring substituents is 1. The molecule has 0 N–H and O–H groups in total. The maximum Gasteiger partial charge on any atom is 0.331 e. The number of amides is 1. The molecule has 1 atom stereocenters. The van der Waals surface area contributed by atoms with Crippen LogP contribution in [0.2, 0.25) is 0 Å². The van der Waals surface area contributed by atoms with E-state index in [9.17, 15) is 19.7 Å². The predicted molar refractivity (Wildman–Crippen MR) is 99.6 cm³/mol. The lowest BCUT2D eigenvalue weighted by molar-refractivity contribution is -0.383. The Morgan fingerprint density at radius 2 is 2.14 bits per heavy atom. The van der Waals surface area contributed by atoms with Crippen molar-refractivity contribution in [3.63, 3.8) is 0 Å². The number of fused-ring (bicyclic) bond motifs is 1. The van der Waals surface area contributed by atoms with Crippen molar-refractivity contribution in [1.82, 2.24) is 9.88 Å².